The molecule has 2 heteroatoms. The first-order chi connectivity index (χ1) is 25.9. The van der Waals surface area contributed by atoms with Crippen LogP contribution in [-0.4, -0.2) is 8.07 Å². The van der Waals surface area contributed by atoms with Crippen LogP contribution in [0.1, 0.15) is 127 Å². The van der Waals surface area contributed by atoms with Gasteiger partial charge in [0.1, 0.15) is 0 Å². The second-order valence-corrected chi connectivity index (χ2v) is 20.7. The molecule has 54 heavy (non-hydrogen) atoms. The van der Waals surface area contributed by atoms with Gasteiger partial charge >= 0.3 is 26.2 Å². The third kappa shape index (κ3) is 9.59. The van der Waals surface area contributed by atoms with E-state index < -0.39 is 8.07 Å². The number of fused-ring (bicyclic) bond motifs is 2. The maximum atomic E-state index is 2.69. The molecular formula is C52H66SiZr. The Labute approximate surface area is 349 Å². The standard InChI is InChI=1S/C52H66Si.Zr/c1-7-11-15-17-21-39-29-33-41(34-30-39)47-27-19-25-43-37-45(23-13-9-3)51(49(43)47)53(5,6)52-46(24-14-10-4)38-44-26-20-28-48(50(44)52)42-35-31-40(32-36-42)22-18-16-12-8-2;/h19-20,25-38H,7-18,21-24H2,1-6H3;/q-2;+2. The average molecular weight is 810 g/mol. The number of benzene rings is 4. The molecule has 0 saturated heterocycles. The van der Waals surface area contributed by atoms with Crippen LogP contribution in [0.5, 0.6) is 0 Å². The molecular weight excluding hydrogens is 744 g/mol. The van der Waals surface area contributed by atoms with Crippen molar-refractivity contribution in [1.29, 1.82) is 0 Å². The minimum atomic E-state index is -2.27. The molecule has 0 fully saturated rings. The molecule has 0 N–H and O–H groups in total. The van der Waals surface area contributed by atoms with Crippen LogP contribution in [0.4, 0.5) is 0 Å². The minimum absolute atomic E-state index is 0. The van der Waals surface area contributed by atoms with Crippen molar-refractivity contribution in [3.05, 3.63) is 119 Å². The van der Waals surface area contributed by atoms with E-state index in [1.165, 1.54) is 145 Å². The van der Waals surface area contributed by atoms with Crippen molar-refractivity contribution in [2.45, 2.75) is 144 Å². The summed E-state index contributed by atoms with van der Waals surface area (Å²) in [5.74, 6) is 0. The third-order valence-corrected chi connectivity index (χ3v) is 15.7. The summed E-state index contributed by atoms with van der Waals surface area (Å²) in [7, 11) is -2.27. The van der Waals surface area contributed by atoms with Crippen LogP contribution in [0.25, 0.3) is 43.8 Å². The Morgan fingerprint density at radius 2 is 0.815 bits per heavy atom. The molecule has 0 saturated carbocycles. The minimum Gasteiger partial charge on any atom is -0.158 e. The maximum absolute atomic E-state index is 2.69. The summed E-state index contributed by atoms with van der Waals surface area (Å²) in [6.07, 6.45) is 20.1. The van der Waals surface area contributed by atoms with Crippen LogP contribution in [0.2, 0.25) is 13.1 Å². The summed E-state index contributed by atoms with van der Waals surface area (Å²) < 4.78 is 0. The number of hydrogen-bond acceptors (Lipinski definition) is 0. The first kappa shape index (κ1) is 42.3. The first-order valence-electron chi connectivity index (χ1n) is 21.5. The molecule has 0 unspecified atom stereocenters. The van der Waals surface area contributed by atoms with Gasteiger partial charge in [-0.2, -0.15) is 10.4 Å². The molecule has 0 spiro atoms. The molecule has 0 aliphatic rings. The zero-order chi connectivity index (χ0) is 37.2. The van der Waals surface area contributed by atoms with Crippen molar-refractivity contribution in [2.24, 2.45) is 0 Å². The topological polar surface area (TPSA) is 0 Å². The fourth-order valence-corrected chi connectivity index (χ4v) is 13.2. The van der Waals surface area contributed by atoms with Crippen LogP contribution in [0.3, 0.4) is 0 Å². The average Bonchev–Trinajstić information content (AvgIpc) is 3.76. The molecule has 6 aromatic rings. The van der Waals surface area contributed by atoms with Crippen LogP contribution in [0, 0.1) is 0 Å². The Bertz CT molecular complexity index is 1890. The second-order valence-electron chi connectivity index (χ2n) is 16.5. The van der Waals surface area contributed by atoms with Gasteiger partial charge in [-0.05, 0) is 60.8 Å². The van der Waals surface area contributed by atoms with Crippen molar-refractivity contribution >= 4 is 40.0 Å². The van der Waals surface area contributed by atoms with E-state index in [2.05, 4.69) is 138 Å². The van der Waals surface area contributed by atoms with Gasteiger partial charge < -0.3 is 0 Å². The van der Waals surface area contributed by atoms with Crippen molar-refractivity contribution in [3.8, 4) is 22.3 Å². The summed E-state index contributed by atoms with van der Waals surface area (Å²) >= 11 is 0. The van der Waals surface area contributed by atoms with Gasteiger partial charge in [-0.3, -0.25) is 0 Å². The van der Waals surface area contributed by atoms with E-state index in [1.807, 2.05) is 0 Å². The zero-order valence-corrected chi connectivity index (χ0v) is 38.0. The van der Waals surface area contributed by atoms with E-state index in [4.69, 9.17) is 0 Å². The molecule has 282 valence electrons. The van der Waals surface area contributed by atoms with Gasteiger partial charge in [0, 0.05) is 8.07 Å². The van der Waals surface area contributed by atoms with Gasteiger partial charge in [-0.1, -0.05) is 177 Å². The predicted molar refractivity (Wildman–Crippen MR) is 240 cm³/mol. The fourth-order valence-electron chi connectivity index (χ4n) is 9.16. The Kier molecular flexibility index (Phi) is 16.0. The quantitative estimate of drug-likeness (QED) is 0.0409. The monoisotopic (exact) mass is 808 g/mol. The third-order valence-electron chi connectivity index (χ3n) is 12.0. The number of rotatable bonds is 20. The molecule has 0 aliphatic carbocycles. The number of hydrogen-bond donors (Lipinski definition) is 0. The van der Waals surface area contributed by atoms with Crippen molar-refractivity contribution in [3.63, 3.8) is 0 Å². The van der Waals surface area contributed by atoms with E-state index in [9.17, 15) is 0 Å². The van der Waals surface area contributed by atoms with Gasteiger partial charge in [0.25, 0.3) is 0 Å². The van der Waals surface area contributed by atoms with Gasteiger partial charge in [0.05, 0.1) is 0 Å². The summed E-state index contributed by atoms with van der Waals surface area (Å²) in [5, 5.41) is 9.26. The van der Waals surface area contributed by atoms with Crippen molar-refractivity contribution in [2.75, 3.05) is 0 Å². The summed E-state index contributed by atoms with van der Waals surface area (Å²) in [6.45, 7) is 14.7. The normalized spacial score (nSPS) is 11.8. The first-order valence-corrected chi connectivity index (χ1v) is 24.5. The molecule has 0 amide bonds. The van der Waals surface area contributed by atoms with Gasteiger partial charge in [0.15, 0.2) is 0 Å². The molecule has 6 aromatic carbocycles. The summed E-state index contributed by atoms with van der Waals surface area (Å²) in [4.78, 5) is 0. The molecule has 0 radical (unpaired) electrons. The Morgan fingerprint density at radius 3 is 1.19 bits per heavy atom. The second kappa shape index (κ2) is 20.4. The molecule has 0 nitrogen and oxygen atoms in total. The van der Waals surface area contributed by atoms with Gasteiger partial charge in [0.2, 0.25) is 0 Å². The van der Waals surface area contributed by atoms with Crippen molar-refractivity contribution < 1.29 is 26.2 Å². The molecule has 0 bridgehead atoms. The maximum Gasteiger partial charge on any atom is 2.00 e. The largest absolute Gasteiger partial charge is 2.00 e. The molecule has 0 aliphatic heterocycles. The van der Waals surface area contributed by atoms with Crippen LogP contribution in [0.15, 0.2) is 97.1 Å². The van der Waals surface area contributed by atoms with Gasteiger partial charge in [-0.15, -0.1) is 69.1 Å². The molecule has 6 rings (SSSR count). The Morgan fingerprint density at radius 1 is 0.426 bits per heavy atom. The van der Waals surface area contributed by atoms with Crippen LogP contribution < -0.4 is 10.4 Å². The Balaban J connectivity index is 0.00000561. The van der Waals surface area contributed by atoms with Crippen molar-refractivity contribution in [1.82, 2.24) is 0 Å². The van der Waals surface area contributed by atoms with E-state index in [0.717, 1.165) is 12.8 Å². The molecule has 0 heterocycles. The summed E-state index contributed by atoms with van der Waals surface area (Å²) in [6, 6.07) is 38.6. The van der Waals surface area contributed by atoms with E-state index in [-0.39, 0.29) is 26.2 Å². The van der Waals surface area contributed by atoms with E-state index in [1.54, 1.807) is 21.5 Å². The number of unbranched alkanes of at least 4 members (excludes halogenated alkanes) is 8. The van der Waals surface area contributed by atoms with Gasteiger partial charge in [-0.25, -0.2) is 0 Å². The number of aryl methyl sites for hydroxylation is 4. The molecule has 0 aromatic heterocycles. The van der Waals surface area contributed by atoms with E-state index in [0.29, 0.717) is 0 Å². The molecule has 0 atom stereocenters. The Hall–Kier alpha value is -2.80. The smallest absolute Gasteiger partial charge is 0.158 e. The SMILES string of the molecule is CCCCCCc1ccc(-c2cccc3[cH-]c(CCCC)c([Si](C)(C)c4c(CCCC)[cH-]c5cccc(-c6ccc(CCCCCC)cc6)c45)c23)cc1.[Zr+2]. The fraction of sp³-hybridized carbons (Fsp3) is 0.423. The zero-order valence-electron chi connectivity index (χ0n) is 34.6. The van der Waals surface area contributed by atoms with E-state index >= 15 is 0 Å². The van der Waals surface area contributed by atoms with Crippen LogP contribution >= 0.6 is 0 Å². The predicted octanol–water partition coefficient (Wildman–Crippen LogP) is 14.5. The summed E-state index contributed by atoms with van der Waals surface area (Å²) in [5.41, 5.74) is 11.7. The van der Waals surface area contributed by atoms with Crippen LogP contribution in [-0.2, 0) is 51.9 Å².